The number of H-pyrrole nitrogens is 1. The van der Waals surface area contributed by atoms with Gasteiger partial charge in [-0.3, -0.25) is 9.59 Å². The Bertz CT molecular complexity index is 908. The predicted octanol–water partition coefficient (Wildman–Crippen LogP) is 3.07. The normalized spacial score (nSPS) is 11.0. The van der Waals surface area contributed by atoms with Gasteiger partial charge >= 0.3 is 0 Å². The van der Waals surface area contributed by atoms with Crippen molar-refractivity contribution in [3.05, 3.63) is 59.8 Å². The summed E-state index contributed by atoms with van der Waals surface area (Å²) in [6, 6.07) is 13.0. The molecular weight excluding hydrogens is 302 g/mol. The number of nitrogens with one attached hydrogen (secondary N) is 2. The maximum atomic E-state index is 12.0. The van der Waals surface area contributed by atoms with Gasteiger partial charge < -0.3 is 16.0 Å². The zero-order chi connectivity index (χ0) is 17.3. The second kappa shape index (κ2) is 6.20. The van der Waals surface area contributed by atoms with Gasteiger partial charge in [0.2, 0.25) is 0 Å². The molecule has 0 saturated heterocycles. The van der Waals surface area contributed by atoms with Gasteiger partial charge in [-0.15, -0.1) is 0 Å². The number of amides is 2. The first-order chi connectivity index (χ1) is 11.5. The van der Waals surface area contributed by atoms with E-state index in [9.17, 15) is 9.59 Å². The Morgan fingerprint density at radius 3 is 2.38 bits per heavy atom. The van der Waals surface area contributed by atoms with Crippen LogP contribution in [0, 0.1) is 0 Å². The number of carbonyl (C=O) groups excluding carboxylic acids is 2. The Kier molecular flexibility index (Phi) is 4.08. The molecule has 0 saturated carbocycles. The van der Waals surface area contributed by atoms with Crippen molar-refractivity contribution in [1.82, 2.24) is 10.3 Å². The number of aromatic amines is 1. The average Bonchev–Trinajstić information content (AvgIpc) is 3.01. The molecule has 0 bridgehead atoms. The first kappa shape index (κ1) is 15.8. The van der Waals surface area contributed by atoms with Crippen molar-refractivity contribution < 1.29 is 9.59 Å². The molecule has 2 amide bonds. The van der Waals surface area contributed by atoms with Crippen molar-refractivity contribution in [2.45, 2.75) is 19.9 Å². The van der Waals surface area contributed by atoms with E-state index in [0.29, 0.717) is 11.1 Å². The molecule has 0 atom stereocenters. The van der Waals surface area contributed by atoms with Gasteiger partial charge in [0.1, 0.15) is 0 Å². The molecule has 4 N–H and O–H groups in total. The molecular formula is C19H19N3O2. The van der Waals surface area contributed by atoms with Gasteiger partial charge in [0, 0.05) is 23.2 Å². The minimum absolute atomic E-state index is 0.0892. The summed E-state index contributed by atoms with van der Waals surface area (Å²) in [6.45, 7) is 3.84. The molecule has 3 rings (SSSR count). The third kappa shape index (κ3) is 3.01. The summed E-state index contributed by atoms with van der Waals surface area (Å²) in [7, 11) is 0. The summed E-state index contributed by atoms with van der Waals surface area (Å²) in [5, 5.41) is 3.78. The number of rotatable bonds is 4. The van der Waals surface area contributed by atoms with Crippen molar-refractivity contribution in [3.8, 4) is 11.1 Å². The molecule has 5 nitrogen and oxygen atoms in total. The van der Waals surface area contributed by atoms with Crippen LogP contribution in [0.5, 0.6) is 0 Å². The van der Waals surface area contributed by atoms with E-state index in [1.54, 1.807) is 24.4 Å². The van der Waals surface area contributed by atoms with Gasteiger partial charge in [-0.1, -0.05) is 12.1 Å². The number of hydrogen-bond donors (Lipinski definition) is 3. The van der Waals surface area contributed by atoms with E-state index in [0.717, 1.165) is 22.0 Å². The summed E-state index contributed by atoms with van der Waals surface area (Å²) in [5.74, 6) is -0.576. The minimum Gasteiger partial charge on any atom is -0.366 e. The molecule has 2 aromatic carbocycles. The Balaban J connectivity index is 1.99. The molecule has 0 spiro atoms. The molecule has 1 aromatic heterocycles. The first-order valence-corrected chi connectivity index (χ1v) is 7.78. The van der Waals surface area contributed by atoms with E-state index in [2.05, 4.69) is 10.3 Å². The van der Waals surface area contributed by atoms with Crippen LogP contribution in [0.15, 0.2) is 48.7 Å². The number of hydrogen-bond acceptors (Lipinski definition) is 2. The van der Waals surface area contributed by atoms with Crippen LogP contribution in [-0.2, 0) is 0 Å². The molecule has 0 aliphatic rings. The highest BCUT2D eigenvalue weighted by molar-refractivity contribution is 6.06. The lowest BCUT2D eigenvalue weighted by molar-refractivity contribution is 0.0942. The van der Waals surface area contributed by atoms with Crippen LogP contribution in [0.3, 0.4) is 0 Å². The fraction of sp³-hybridized carbons (Fsp3) is 0.158. The Hall–Kier alpha value is -3.08. The van der Waals surface area contributed by atoms with Gasteiger partial charge in [-0.05, 0) is 55.3 Å². The highest BCUT2D eigenvalue weighted by Crippen LogP contribution is 2.27. The maximum absolute atomic E-state index is 12.0. The molecule has 0 unspecified atom stereocenters. The number of benzene rings is 2. The highest BCUT2D eigenvalue weighted by Gasteiger charge is 2.12. The predicted molar refractivity (Wildman–Crippen MR) is 94.9 cm³/mol. The van der Waals surface area contributed by atoms with E-state index in [1.165, 1.54) is 0 Å². The standard InChI is InChI=1S/C19H19N3O2/c1-11(2)22-19(24)13-5-3-12(4-6-13)15-9-14-7-8-21-17(14)16(10-15)18(20)23/h3-11,21H,1-2H3,(H2,20,23)(H,22,24). The smallest absolute Gasteiger partial charge is 0.251 e. The van der Waals surface area contributed by atoms with Crippen molar-refractivity contribution in [1.29, 1.82) is 0 Å². The molecule has 24 heavy (non-hydrogen) atoms. The van der Waals surface area contributed by atoms with Crippen molar-refractivity contribution in [2.75, 3.05) is 0 Å². The average molecular weight is 321 g/mol. The van der Waals surface area contributed by atoms with E-state index < -0.39 is 5.91 Å². The molecule has 3 aromatic rings. The SMILES string of the molecule is CC(C)NC(=O)c1ccc(-c2cc(C(N)=O)c3[nH]ccc3c2)cc1. The molecule has 0 fully saturated rings. The second-order valence-corrected chi connectivity index (χ2v) is 6.04. The van der Waals surface area contributed by atoms with Crippen molar-refractivity contribution in [3.63, 3.8) is 0 Å². The van der Waals surface area contributed by atoms with Crippen LogP contribution in [0.2, 0.25) is 0 Å². The molecule has 0 aliphatic carbocycles. The molecule has 0 aliphatic heterocycles. The van der Waals surface area contributed by atoms with Crippen LogP contribution >= 0.6 is 0 Å². The van der Waals surface area contributed by atoms with Gasteiger partial charge in [-0.2, -0.15) is 0 Å². The van der Waals surface area contributed by atoms with Crippen LogP contribution in [0.1, 0.15) is 34.6 Å². The number of aromatic nitrogens is 1. The van der Waals surface area contributed by atoms with Crippen LogP contribution in [0.25, 0.3) is 22.0 Å². The lowest BCUT2D eigenvalue weighted by Gasteiger charge is -2.09. The van der Waals surface area contributed by atoms with Crippen LogP contribution in [0.4, 0.5) is 0 Å². The summed E-state index contributed by atoms with van der Waals surface area (Å²) in [6.07, 6.45) is 1.78. The number of fused-ring (bicyclic) bond motifs is 1. The van der Waals surface area contributed by atoms with Crippen molar-refractivity contribution in [2.24, 2.45) is 5.73 Å². The fourth-order valence-corrected chi connectivity index (χ4v) is 2.69. The highest BCUT2D eigenvalue weighted by atomic mass is 16.2. The lowest BCUT2D eigenvalue weighted by Crippen LogP contribution is -2.29. The first-order valence-electron chi connectivity index (χ1n) is 7.78. The monoisotopic (exact) mass is 321 g/mol. The number of primary amides is 1. The van der Waals surface area contributed by atoms with E-state index in [4.69, 9.17) is 5.73 Å². The second-order valence-electron chi connectivity index (χ2n) is 6.04. The third-order valence-corrected chi connectivity index (χ3v) is 3.83. The summed E-state index contributed by atoms with van der Waals surface area (Å²) in [4.78, 5) is 26.7. The minimum atomic E-state index is -0.475. The largest absolute Gasteiger partial charge is 0.366 e. The summed E-state index contributed by atoms with van der Waals surface area (Å²) < 4.78 is 0. The quantitative estimate of drug-likeness (QED) is 0.689. The number of nitrogens with two attached hydrogens (primary N) is 1. The van der Waals surface area contributed by atoms with Gasteiger partial charge in [0.15, 0.2) is 0 Å². The summed E-state index contributed by atoms with van der Waals surface area (Å²) in [5.41, 5.74) is 9.07. The Labute approximate surface area is 139 Å². The van der Waals surface area contributed by atoms with E-state index >= 15 is 0 Å². The summed E-state index contributed by atoms with van der Waals surface area (Å²) >= 11 is 0. The van der Waals surface area contributed by atoms with Gasteiger partial charge in [0.05, 0.1) is 11.1 Å². The number of carbonyl (C=O) groups is 2. The third-order valence-electron chi connectivity index (χ3n) is 3.83. The van der Waals surface area contributed by atoms with E-state index in [-0.39, 0.29) is 11.9 Å². The molecule has 0 radical (unpaired) electrons. The molecule has 122 valence electrons. The topological polar surface area (TPSA) is 88.0 Å². The lowest BCUT2D eigenvalue weighted by atomic mass is 9.99. The van der Waals surface area contributed by atoms with Crippen molar-refractivity contribution >= 4 is 22.7 Å². The maximum Gasteiger partial charge on any atom is 0.251 e. The van der Waals surface area contributed by atoms with Crippen LogP contribution < -0.4 is 11.1 Å². The zero-order valence-corrected chi connectivity index (χ0v) is 13.6. The van der Waals surface area contributed by atoms with Gasteiger partial charge in [-0.25, -0.2) is 0 Å². The van der Waals surface area contributed by atoms with Crippen LogP contribution in [-0.4, -0.2) is 22.8 Å². The zero-order valence-electron chi connectivity index (χ0n) is 13.6. The molecule has 5 heteroatoms. The Morgan fingerprint density at radius 2 is 1.75 bits per heavy atom. The van der Waals surface area contributed by atoms with Gasteiger partial charge in [0.25, 0.3) is 11.8 Å². The molecule has 1 heterocycles. The fourth-order valence-electron chi connectivity index (χ4n) is 2.69. The van der Waals surface area contributed by atoms with E-state index in [1.807, 2.05) is 38.1 Å². The Morgan fingerprint density at radius 1 is 1.04 bits per heavy atom.